The van der Waals surface area contributed by atoms with Crippen LogP contribution in [0.25, 0.3) is 0 Å². The van der Waals surface area contributed by atoms with Crippen LogP contribution in [0.5, 0.6) is 5.75 Å². The van der Waals surface area contributed by atoms with E-state index in [-0.39, 0.29) is 5.91 Å². The highest BCUT2D eigenvalue weighted by molar-refractivity contribution is 8.00. The lowest BCUT2D eigenvalue weighted by atomic mass is 10.2. The molecule has 2 aromatic carbocycles. The largest absolute Gasteiger partial charge is 0.497 e. The van der Waals surface area contributed by atoms with E-state index < -0.39 is 0 Å². The van der Waals surface area contributed by atoms with Crippen molar-refractivity contribution >= 4 is 29.4 Å². The fourth-order valence-corrected chi connectivity index (χ4v) is 3.45. The van der Waals surface area contributed by atoms with E-state index in [0.717, 1.165) is 22.2 Å². The molecule has 23 heavy (non-hydrogen) atoms. The Kier molecular flexibility index (Phi) is 7.90. The van der Waals surface area contributed by atoms with Gasteiger partial charge in [0, 0.05) is 22.9 Å². The number of nitrogens with one attached hydrogen (secondary N) is 1. The van der Waals surface area contributed by atoms with E-state index in [1.807, 2.05) is 54.2 Å². The van der Waals surface area contributed by atoms with Gasteiger partial charge in [0.1, 0.15) is 5.75 Å². The molecule has 0 aromatic heterocycles. The number of thioether (sulfide) groups is 2. The molecule has 122 valence electrons. The van der Waals surface area contributed by atoms with Gasteiger partial charge in [-0.3, -0.25) is 4.79 Å². The molecule has 0 fully saturated rings. The summed E-state index contributed by atoms with van der Waals surface area (Å²) in [6, 6.07) is 18.1. The average molecular weight is 348 g/mol. The third-order valence-electron chi connectivity index (χ3n) is 3.11. The van der Waals surface area contributed by atoms with Gasteiger partial charge in [-0.2, -0.15) is 11.8 Å². The van der Waals surface area contributed by atoms with Crippen molar-refractivity contribution in [1.29, 1.82) is 0 Å². The Morgan fingerprint density at radius 1 is 1.09 bits per heavy atom. The summed E-state index contributed by atoms with van der Waals surface area (Å²) in [7, 11) is 1.64. The number of ether oxygens (including phenoxy) is 1. The van der Waals surface area contributed by atoms with Crippen LogP contribution in [0.1, 0.15) is 5.56 Å². The van der Waals surface area contributed by atoms with Crippen molar-refractivity contribution in [3.63, 3.8) is 0 Å². The van der Waals surface area contributed by atoms with E-state index in [4.69, 9.17) is 4.74 Å². The van der Waals surface area contributed by atoms with Gasteiger partial charge < -0.3 is 10.1 Å². The maximum absolute atomic E-state index is 11.8. The summed E-state index contributed by atoms with van der Waals surface area (Å²) in [5.74, 6) is 3.25. The van der Waals surface area contributed by atoms with E-state index in [0.29, 0.717) is 12.3 Å². The molecule has 0 aliphatic carbocycles. The van der Waals surface area contributed by atoms with Gasteiger partial charge in [0.15, 0.2) is 0 Å². The van der Waals surface area contributed by atoms with E-state index in [9.17, 15) is 4.79 Å². The van der Waals surface area contributed by atoms with Crippen LogP contribution in [-0.2, 0) is 10.5 Å². The van der Waals surface area contributed by atoms with E-state index in [1.54, 1.807) is 7.11 Å². The molecule has 0 radical (unpaired) electrons. The molecule has 0 bridgehead atoms. The molecule has 0 unspecified atom stereocenters. The normalized spacial score (nSPS) is 10.3. The van der Waals surface area contributed by atoms with Crippen LogP contribution in [0.15, 0.2) is 59.5 Å². The SMILES string of the molecule is COc1ccc(SCC(=O)NCCSCc2ccccc2)cc1. The summed E-state index contributed by atoms with van der Waals surface area (Å²) in [5.41, 5.74) is 1.32. The van der Waals surface area contributed by atoms with Crippen molar-refractivity contribution in [2.45, 2.75) is 10.6 Å². The molecule has 0 aliphatic rings. The first-order valence-electron chi connectivity index (χ1n) is 7.43. The van der Waals surface area contributed by atoms with Crippen LogP contribution >= 0.6 is 23.5 Å². The zero-order valence-corrected chi connectivity index (χ0v) is 14.8. The number of hydrogen-bond acceptors (Lipinski definition) is 4. The quantitative estimate of drug-likeness (QED) is 0.552. The molecule has 3 nitrogen and oxygen atoms in total. The second kappa shape index (κ2) is 10.2. The van der Waals surface area contributed by atoms with Crippen LogP contribution < -0.4 is 10.1 Å². The number of amides is 1. The summed E-state index contributed by atoms with van der Waals surface area (Å²) < 4.78 is 5.11. The standard InChI is InChI=1S/C18H21NO2S2/c1-21-16-7-9-17(10-8-16)23-14-18(20)19-11-12-22-13-15-5-3-2-4-6-15/h2-10H,11-14H2,1H3,(H,19,20). The first-order valence-corrected chi connectivity index (χ1v) is 9.57. The average Bonchev–Trinajstić information content (AvgIpc) is 2.61. The smallest absolute Gasteiger partial charge is 0.230 e. The Bertz CT molecular complexity index is 588. The van der Waals surface area contributed by atoms with Crippen LogP contribution in [0.4, 0.5) is 0 Å². The number of hydrogen-bond donors (Lipinski definition) is 1. The molecule has 0 saturated carbocycles. The minimum atomic E-state index is 0.0751. The number of methoxy groups -OCH3 is 1. The highest BCUT2D eigenvalue weighted by atomic mass is 32.2. The number of benzene rings is 2. The Morgan fingerprint density at radius 3 is 2.52 bits per heavy atom. The summed E-state index contributed by atoms with van der Waals surface area (Å²) in [6.07, 6.45) is 0. The Balaban J connectivity index is 1.56. The number of rotatable bonds is 9. The van der Waals surface area contributed by atoms with Crippen molar-refractivity contribution < 1.29 is 9.53 Å². The molecule has 0 heterocycles. The van der Waals surface area contributed by atoms with Crippen molar-refractivity contribution in [3.8, 4) is 5.75 Å². The second-order valence-electron chi connectivity index (χ2n) is 4.85. The topological polar surface area (TPSA) is 38.3 Å². The fraction of sp³-hybridized carbons (Fsp3) is 0.278. The first kappa shape index (κ1) is 17.8. The van der Waals surface area contributed by atoms with Gasteiger partial charge in [0.25, 0.3) is 0 Å². The predicted octanol–water partition coefficient (Wildman–Crippen LogP) is 3.84. The van der Waals surface area contributed by atoms with E-state index in [1.165, 1.54) is 17.3 Å². The van der Waals surface area contributed by atoms with Crippen LogP contribution in [0.2, 0.25) is 0 Å². The third-order valence-corrected chi connectivity index (χ3v) is 5.15. The van der Waals surface area contributed by atoms with Crippen LogP contribution in [-0.4, -0.2) is 31.1 Å². The highest BCUT2D eigenvalue weighted by Gasteiger charge is 2.03. The second-order valence-corrected chi connectivity index (χ2v) is 7.01. The maximum atomic E-state index is 11.8. The molecule has 0 spiro atoms. The minimum Gasteiger partial charge on any atom is -0.497 e. The lowest BCUT2D eigenvalue weighted by Crippen LogP contribution is -2.27. The lowest BCUT2D eigenvalue weighted by molar-refractivity contribution is -0.118. The van der Waals surface area contributed by atoms with Gasteiger partial charge in [-0.15, -0.1) is 11.8 Å². The molecule has 0 aliphatic heterocycles. The van der Waals surface area contributed by atoms with Crippen molar-refractivity contribution in [2.24, 2.45) is 0 Å². The Hall–Kier alpha value is -1.59. The first-order chi connectivity index (χ1) is 11.3. The lowest BCUT2D eigenvalue weighted by Gasteiger charge is -2.06. The maximum Gasteiger partial charge on any atom is 0.230 e. The Labute approximate surface area is 146 Å². The van der Waals surface area contributed by atoms with Crippen molar-refractivity contribution in [1.82, 2.24) is 5.32 Å². The molecule has 2 rings (SSSR count). The Morgan fingerprint density at radius 2 is 1.83 bits per heavy atom. The summed E-state index contributed by atoms with van der Waals surface area (Å²) in [6.45, 7) is 0.708. The van der Waals surface area contributed by atoms with Gasteiger partial charge in [0.2, 0.25) is 5.91 Å². The molecule has 1 amide bonds. The summed E-state index contributed by atoms with van der Waals surface area (Å²) >= 11 is 3.37. The molecule has 0 atom stereocenters. The minimum absolute atomic E-state index is 0.0751. The predicted molar refractivity (Wildman–Crippen MR) is 99.3 cm³/mol. The fourth-order valence-electron chi connectivity index (χ4n) is 1.90. The zero-order valence-electron chi connectivity index (χ0n) is 13.2. The van der Waals surface area contributed by atoms with Crippen molar-refractivity contribution in [3.05, 3.63) is 60.2 Å². The molecule has 0 saturated heterocycles. The van der Waals surface area contributed by atoms with E-state index in [2.05, 4.69) is 17.4 Å². The van der Waals surface area contributed by atoms with Crippen molar-refractivity contribution in [2.75, 3.05) is 25.2 Å². The van der Waals surface area contributed by atoms with Gasteiger partial charge in [-0.05, 0) is 29.8 Å². The van der Waals surface area contributed by atoms with Gasteiger partial charge in [-0.1, -0.05) is 30.3 Å². The van der Waals surface area contributed by atoms with Gasteiger partial charge >= 0.3 is 0 Å². The summed E-state index contributed by atoms with van der Waals surface area (Å²) in [4.78, 5) is 12.9. The molecule has 2 aromatic rings. The monoisotopic (exact) mass is 347 g/mol. The molecular formula is C18H21NO2S2. The zero-order chi connectivity index (χ0) is 16.3. The van der Waals surface area contributed by atoms with E-state index >= 15 is 0 Å². The third kappa shape index (κ3) is 7.01. The van der Waals surface area contributed by atoms with Gasteiger partial charge in [-0.25, -0.2) is 0 Å². The van der Waals surface area contributed by atoms with Crippen LogP contribution in [0, 0.1) is 0 Å². The van der Waals surface area contributed by atoms with Gasteiger partial charge in [0.05, 0.1) is 12.9 Å². The molecule has 1 N–H and O–H groups in total. The number of carbonyl (C=O) groups is 1. The highest BCUT2D eigenvalue weighted by Crippen LogP contribution is 2.20. The number of carbonyl (C=O) groups excluding carboxylic acids is 1. The molecular weight excluding hydrogens is 326 g/mol. The summed E-state index contributed by atoms with van der Waals surface area (Å²) in [5, 5.41) is 2.96. The van der Waals surface area contributed by atoms with Crippen LogP contribution in [0.3, 0.4) is 0 Å². The molecule has 5 heteroatoms.